The lowest BCUT2D eigenvalue weighted by molar-refractivity contribution is 0.0690. The second kappa shape index (κ2) is 5.56. The van der Waals surface area contributed by atoms with Gasteiger partial charge in [0.2, 0.25) is 0 Å². The maximum absolute atomic E-state index is 11.0. The molecule has 1 aromatic carbocycles. The van der Waals surface area contributed by atoms with Gasteiger partial charge in [-0.3, -0.25) is 0 Å². The number of aromatic nitrogens is 2. The lowest BCUT2D eigenvalue weighted by Gasteiger charge is -2.06. The van der Waals surface area contributed by atoms with E-state index in [-0.39, 0.29) is 5.69 Å². The first-order valence-electron chi connectivity index (χ1n) is 6.03. The summed E-state index contributed by atoms with van der Waals surface area (Å²) in [6, 6.07) is 9.50. The molecular weight excluding hydrogens is 244 g/mol. The largest absolute Gasteiger partial charge is 0.493 e. The highest BCUT2D eigenvalue weighted by molar-refractivity contribution is 5.86. The Bertz CT molecular complexity index is 576. The van der Waals surface area contributed by atoms with Gasteiger partial charge in [-0.15, -0.1) is 0 Å². The summed E-state index contributed by atoms with van der Waals surface area (Å²) in [4.78, 5) is 15.1. The van der Waals surface area contributed by atoms with Crippen molar-refractivity contribution >= 4 is 5.97 Å². The zero-order valence-electron chi connectivity index (χ0n) is 11.0. The summed E-state index contributed by atoms with van der Waals surface area (Å²) in [7, 11) is 1.81. The first-order chi connectivity index (χ1) is 9.09. The number of carboxylic acids is 1. The third-order valence-electron chi connectivity index (χ3n) is 3.01. The Hall–Kier alpha value is -2.30. The van der Waals surface area contributed by atoms with Crippen LogP contribution in [0.1, 0.15) is 22.0 Å². The first kappa shape index (κ1) is 13.1. The van der Waals surface area contributed by atoms with Crippen molar-refractivity contribution in [3.05, 3.63) is 47.5 Å². The minimum absolute atomic E-state index is 0.109. The molecule has 19 heavy (non-hydrogen) atoms. The number of aromatic carboxylic acids is 1. The van der Waals surface area contributed by atoms with Crippen molar-refractivity contribution in [2.75, 3.05) is 6.61 Å². The van der Waals surface area contributed by atoms with Crippen molar-refractivity contribution in [2.45, 2.75) is 13.3 Å². The van der Waals surface area contributed by atoms with Crippen LogP contribution < -0.4 is 4.74 Å². The van der Waals surface area contributed by atoms with Crippen molar-refractivity contribution in [2.24, 2.45) is 7.05 Å². The second-order valence-electron chi connectivity index (χ2n) is 4.24. The zero-order valence-corrected chi connectivity index (χ0v) is 11.0. The van der Waals surface area contributed by atoms with E-state index in [1.165, 1.54) is 0 Å². The van der Waals surface area contributed by atoms with E-state index in [2.05, 4.69) is 4.98 Å². The summed E-state index contributed by atoms with van der Waals surface area (Å²) in [6.07, 6.45) is 0.569. The average molecular weight is 260 g/mol. The molecule has 0 unspecified atom stereocenters. The number of rotatable bonds is 5. The molecule has 0 aliphatic carbocycles. The summed E-state index contributed by atoms with van der Waals surface area (Å²) < 4.78 is 7.36. The molecule has 5 heteroatoms. The average Bonchev–Trinajstić information content (AvgIpc) is 2.68. The first-order valence-corrected chi connectivity index (χ1v) is 6.03. The van der Waals surface area contributed by atoms with Gasteiger partial charge in [0.05, 0.1) is 6.61 Å². The highest BCUT2D eigenvalue weighted by Gasteiger charge is 2.16. The van der Waals surface area contributed by atoms with Crippen LogP contribution >= 0.6 is 0 Å². The van der Waals surface area contributed by atoms with Crippen LogP contribution in [0.5, 0.6) is 5.75 Å². The normalized spacial score (nSPS) is 10.4. The number of carboxylic acid groups (broad SMARTS) is 1. The topological polar surface area (TPSA) is 64.3 Å². The van der Waals surface area contributed by atoms with Crippen LogP contribution in [-0.2, 0) is 13.5 Å². The quantitative estimate of drug-likeness (QED) is 0.893. The fraction of sp³-hybridized carbons (Fsp3) is 0.286. The van der Waals surface area contributed by atoms with Gasteiger partial charge in [0.25, 0.3) is 0 Å². The van der Waals surface area contributed by atoms with Crippen molar-refractivity contribution in [3.63, 3.8) is 0 Å². The number of ether oxygens (including phenoxy) is 1. The van der Waals surface area contributed by atoms with E-state index in [1.807, 2.05) is 37.4 Å². The summed E-state index contributed by atoms with van der Waals surface area (Å²) in [5.41, 5.74) is 0.763. The number of imidazole rings is 1. The van der Waals surface area contributed by atoms with E-state index in [0.29, 0.717) is 24.5 Å². The van der Waals surface area contributed by atoms with Crippen LogP contribution in [0.15, 0.2) is 30.3 Å². The highest BCUT2D eigenvalue weighted by Crippen LogP contribution is 2.12. The molecule has 0 saturated carbocycles. The third-order valence-corrected chi connectivity index (χ3v) is 3.01. The van der Waals surface area contributed by atoms with Crippen LogP contribution in [0.2, 0.25) is 0 Å². The number of carbonyl (C=O) groups is 1. The summed E-state index contributed by atoms with van der Waals surface area (Å²) in [5, 5.41) is 9.00. The molecule has 5 nitrogen and oxygen atoms in total. The molecule has 1 N–H and O–H groups in total. The lowest BCUT2D eigenvalue weighted by Crippen LogP contribution is -2.06. The fourth-order valence-corrected chi connectivity index (χ4v) is 1.84. The molecule has 1 heterocycles. The molecule has 0 bridgehead atoms. The molecule has 0 amide bonds. The smallest absolute Gasteiger partial charge is 0.356 e. The van der Waals surface area contributed by atoms with Crippen LogP contribution in [0.4, 0.5) is 0 Å². The van der Waals surface area contributed by atoms with Crippen LogP contribution in [0, 0.1) is 6.92 Å². The van der Waals surface area contributed by atoms with Gasteiger partial charge in [0.1, 0.15) is 11.6 Å². The summed E-state index contributed by atoms with van der Waals surface area (Å²) in [5.74, 6) is 0.515. The number of hydrogen-bond donors (Lipinski definition) is 1. The minimum Gasteiger partial charge on any atom is -0.493 e. The van der Waals surface area contributed by atoms with E-state index in [4.69, 9.17) is 9.84 Å². The van der Waals surface area contributed by atoms with Crippen molar-refractivity contribution < 1.29 is 14.6 Å². The number of para-hydroxylation sites is 1. The van der Waals surface area contributed by atoms with E-state index in [9.17, 15) is 4.79 Å². The number of hydrogen-bond acceptors (Lipinski definition) is 3. The van der Waals surface area contributed by atoms with Gasteiger partial charge >= 0.3 is 5.97 Å². The summed E-state index contributed by atoms with van der Waals surface area (Å²) in [6.45, 7) is 2.21. The molecule has 0 fully saturated rings. The molecule has 2 aromatic rings. The van der Waals surface area contributed by atoms with Gasteiger partial charge in [0, 0.05) is 19.2 Å². The molecule has 0 atom stereocenters. The standard InChI is InChI=1S/C14H16N2O3/c1-10-13(14(17)18)15-12(16(10)2)8-9-19-11-6-4-3-5-7-11/h3-7H,8-9H2,1-2H3,(H,17,18). The van der Waals surface area contributed by atoms with Crippen molar-refractivity contribution in [1.29, 1.82) is 0 Å². The molecule has 2 rings (SSSR count). The van der Waals surface area contributed by atoms with Crippen LogP contribution in [0.25, 0.3) is 0 Å². The van der Waals surface area contributed by atoms with E-state index in [0.717, 1.165) is 5.75 Å². The Labute approximate surface area is 111 Å². The van der Waals surface area contributed by atoms with Gasteiger partial charge in [-0.1, -0.05) is 18.2 Å². The Kier molecular flexibility index (Phi) is 3.85. The predicted molar refractivity (Wildman–Crippen MR) is 70.5 cm³/mol. The Balaban J connectivity index is 2.00. The molecule has 0 saturated heterocycles. The van der Waals surface area contributed by atoms with Crippen LogP contribution in [-0.4, -0.2) is 27.2 Å². The molecule has 1 aromatic heterocycles. The Morgan fingerprint density at radius 3 is 2.63 bits per heavy atom. The molecule has 0 aliphatic heterocycles. The molecular formula is C14H16N2O3. The predicted octanol–water partition coefficient (Wildman–Crippen LogP) is 2.05. The van der Waals surface area contributed by atoms with E-state index < -0.39 is 5.97 Å². The van der Waals surface area contributed by atoms with Gasteiger partial charge in [0.15, 0.2) is 5.69 Å². The lowest BCUT2D eigenvalue weighted by atomic mass is 10.3. The Morgan fingerprint density at radius 1 is 1.37 bits per heavy atom. The fourth-order valence-electron chi connectivity index (χ4n) is 1.84. The summed E-state index contributed by atoms with van der Waals surface area (Å²) >= 11 is 0. The van der Waals surface area contributed by atoms with Gasteiger partial charge in [-0.2, -0.15) is 0 Å². The maximum Gasteiger partial charge on any atom is 0.356 e. The third kappa shape index (κ3) is 2.93. The van der Waals surface area contributed by atoms with Crippen molar-refractivity contribution in [1.82, 2.24) is 9.55 Å². The minimum atomic E-state index is -0.997. The number of nitrogens with zero attached hydrogens (tertiary/aromatic N) is 2. The van der Waals surface area contributed by atoms with Gasteiger partial charge in [-0.25, -0.2) is 9.78 Å². The van der Waals surface area contributed by atoms with Gasteiger partial charge in [-0.05, 0) is 19.1 Å². The zero-order chi connectivity index (χ0) is 13.8. The monoisotopic (exact) mass is 260 g/mol. The molecule has 0 radical (unpaired) electrons. The highest BCUT2D eigenvalue weighted by atomic mass is 16.5. The SMILES string of the molecule is Cc1c(C(=O)O)nc(CCOc2ccccc2)n1C. The van der Waals surface area contributed by atoms with E-state index in [1.54, 1.807) is 11.5 Å². The van der Waals surface area contributed by atoms with Crippen LogP contribution in [0.3, 0.4) is 0 Å². The van der Waals surface area contributed by atoms with Gasteiger partial charge < -0.3 is 14.4 Å². The van der Waals surface area contributed by atoms with E-state index >= 15 is 0 Å². The Morgan fingerprint density at radius 2 is 2.05 bits per heavy atom. The van der Waals surface area contributed by atoms with Crippen molar-refractivity contribution in [3.8, 4) is 5.75 Å². The maximum atomic E-state index is 11.0. The molecule has 100 valence electrons. The molecule has 0 aliphatic rings. The molecule has 0 spiro atoms. The number of benzene rings is 1. The second-order valence-corrected chi connectivity index (χ2v) is 4.24.